The molecule has 7 nitrogen and oxygen atoms in total. The van der Waals surface area contributed by atoms with Gasteiger partial charge in [0.15, 0.2) is 0 Å². The maximum absolute atomic E-state index is 13.3. The summed E-state index contributed by atoms with van der Waals surface area (Å²) in [5.41, 5.74) is 3.88. The van der Waals surface area contributed by atoms with Gasteiger partial charge in [0, 0.05) is 41.5 Å². The SMILES string of the molecule is CCOc1cc(C(=O)N(C)[C@H](CO)c2cncc3cn[nH]c23)ccc1-c1ccccc1. The molecular formula is C24H24N4O3. The van der Waals surface area contributed by atoms with E-state index < -0.39 is 6.04 Å². The van der Waals surface area contributed by atoms with Crippen molar-refractivity contribution < 1.29 is 14.6 Å². The number of hydrogen-bond acceptors (Lipinski definition) is 5. The van der Waals surface area contributed by atoms with Crippen LogP contribution in [0.3, 0.4) is 0 Å². The van der Waals surface area contributed by atoms with Gasteiger partial charge in [-0.25, -0.2) is 0 Å². The largest absolute Gasteiger partial charge is 0.493 e. The highest BCUT2D eigenvalue weighted by Crippen LogP contribution is 2.32. The molecule has 2 aromatic carbocycles. The number of aliphatic hydroxyl groups is 1. The summed E-state index contributed by atoms with van der Waals surface area (Å²) in [6.07, 6.45) is 5.00. The molecule has 31 heavy (non-hydrogen) atoms. The molecule has 2 N–H and O–H groups in total. The Kier molecular flexibility index (Phi) is 5.95. The van der Waals surface area contributed by atoms with E-state index in [4.69, 9.17) is 4.74 Å². The first-order valence-corrected chi connectivity index (χ1v) is 10.1. The van der Waals surface area contributed by atoms with Gasteiger partial charge in [-0.1, -0.05) is 30.3 Å². The molecule has 0 radical (unpaired) electrons. The van der Waals surface area contributed by atoms with Crippen molar-refractivity contribution in [2.24, 2.45) is 0 Å². The lowest BCUT2D eigenvalue weighted by Gasteiger charge is -2.27. The highest BCUT2D eigenvalue weighted by Gasteiger charge is 2.25. The zero-order valence-electron chi connectivity index (χ0n) is 17.4. The lowest BCUT2D eigenvalue weighted by atomic mass is 10.0. The number of likely N-dealkylation sites (N-methyl/N-ethyl adjacent to an activating group) is 1. The summed E-state index contributed by atoms with van der Waals surface area (Å²) in [7, 11) is 1.67. The number of nitrogens with one attached hydrogen (secondary N) is 1. The number of nitrogens with zero attached hydrogens (tertiary/aromatic N) is 3. The molecule has 4 rings (SSSR count). The van der Waals surface area contributed by atoms with Gasteiger partial charge in [0.2, 0.25) is 0 Å². The second kappa shape index (κ2) is 8.97. The van der Waals surface area contributed by atoms with E-state index in [-0.39, 0.29) is 12.5 Å². The third-order valence-corrected chi connectivity index (χ3v) is 5.32. The first-order valence-electron chi connectivity index (χ1n) is 10.1. The molecule has 0 spiro atoms. The lowest BCUT2D eigenvalue weighted by molar-refractivity contribution is 0.0659. The summed E-state index contributed by atoms with van der Waals surface area (Å²) in [5, 5.41) is 17.9. The van der Waals surface area contributed by atoms with Crippen molar-refractivity contribution in [3.8, 4) is 16.9 Å². The van der Waals surface area contributed by atoms with Gasteiger partial charge in [-0.2, -0.15) is 5.10 Å². The Bertz CT molecular complexity index is 1190. The molecule has 158 valence electrons. The van der Waals surface area contributed by atoms with Crippen LogP contribution in [0.15, 0.2) is 67.1 Å². The van der Waals surface area contributed by atoms with Gasteiger partial charge >= 0.3 is 0 Å². The van der Waals surface area contributed by atoms with E-state index >= 15 is 0 Å². The number of H-pyrrole nitrogens is 1. The minimum absolute atomic E-state index is 0.226. The molecule has 0 aliphatic heterocycles. The Morgan fingerprint density at radius 3 is 2.71 bits per heavy atom. The van der Waals surface area contributed by atoms with E-state index in [2.05, 4.69) is 15.2 Å². The van der Waals surface area contributed by atoms with Crippen LogP contribution >= 0.6 is 0 Å². The lowest BCUT2D eigenvalue weighted by Crippen LogP contribution is -2.33. The Balaban J connectivity index is 1.68. The van der Waals surface area contributed by atoms with Crippen molar-refractivity contribution in [2.45, 2.75) is 13.0 Å². The summed E-state index contributed by atoms with van der Waals surface area (Å²) < 4.78 is 5.84. The zero-order chi connectivity index (χ0) is 21.8. The third kappa shape index (κ3) is 4.00. The van der Waals surface area contributed by atoms with E-state index in [1.54, 1.807) is 37.8 Å². The fourth-order valence-electron chi connectivity index (χ4n) is 3.70. The summed E-state index contributed by atoms with van der Waals surface area (Å²) in [6, 6.07) is 14.8. The van der Waals surface area contributed by atoms with Crippen molar-refractivity contribution in [1.29, 1.82) is 0 Å². The second-order valence-electron chi connectivity index (χ2n) is 7.19. The predicted molar refractivity (Wildman–Crippen MR) is 119 cm³/mol. The van der Waals surface area contributed by atoms with Gasteiger partial charge in [-0.3, -0.25) is 14.9 Å². The number of aromatic nitrogens is 3. The van der Waals surface area contributed by atoms with Crippen LogP contribution in [0.2, 0.25) is 0 Å². The molecule has 0 fully saturated rings. The molecule has 1 amide bonds. The number of aliphatic hydroxyl groups excluding tert-OH is 1. The molecule has 0 saturated carbocycles. The first kappa shape index (κ1) is 20.6. The second-order valence-corrected chi connectivity index (χ2v) is 7.19. The van der Waals surface area contributed by atoms with Crippen molar-refractivity contribution >= 4 is 16.8 Å². The van der Waals surface area contributed by atoms with Crippen LogP contribution < -0.4 is 4.74 Å². The fraction of sp³-hybridized carbons (Fsp3) is 0.208. The maximum atomic E-state index is 13.3. The minimum atomic E-state index is -0.575. The molecule has 1 atom stereocenters. The maximum Gasteiger partial charge on any atom is 0.254 e. The number of amides is 1. The topological polar surface area (TPSA) is 91.3 Å². The predicted octanol–water partition coefficient (Wildman–Crippen LogP) is 3.83. The van der Waals surface area contributed by atoms with Gasteiger partial charge in [-0.15, -0.1) is 0 Å². The van der Waals surface area contributed by atoms with E-state index in [1.165, 1.54) is 4.90 Å². The van der Waals surface area contributed by atoms with Gasteiger partial charge < -0.3 is 14.7 Å². The summed E-state index contributed by atoms with van der Waals surface area (Å²) in [5.74, 6) is 0.418. The number of pyridine rings is 1. The Morgan fingerprint density at radius 2 is 1.97 bits per heavy atom. The van der Waals surface area contributed by atoms with Gasteiger partial charge in [-0.05, 0) is 30.7 Å². The van der Waals surface area contributed by atoms with Crippen LogP contribution in [-0.4, -0.2) is 51.4 Å². The van der Waals surface area contributed by atoms with E-state index in [0.29, 0.717) is 23.5 Å². The third-order valence-electron chi connectivity index (χ3n) is 5.32. The number of ether oxygens (including phenoxy) is 1. The van der Waals surface area contributed by atoms with E-state index in [9.17, 15) is 9.90 Å². The average molecular weight is 416 g/mol. The number of benzene rings is 2. The Hall–Kier alpha value is -3.71. The van der Waals surface area contributed by atoms with Gasteiger partial charge in [0.1, 0.15) is 5.75 Å². The van der Waals surface area contributed by atoms with Crippen molar-refractivity contribution in [1.82, 2.24) is 20.1 Å². The quantitative estimate of drug-likeness (QED) is 0.478. The van der Waals surface area contributed by atoms with Gasteiger partial charge in [0.05, 0.1) is 31.0 Å². The van der Waals surface area contributed by atoms with Crippen molar-refractivity contribution in [2.75, 3.05) is 20.3 Å². The Labute approximate surface area is 180 Å². The van der Waals surface area contributed by atoms with Gasteiger partial charge in [0.25, 0.3) is 5.91 Å². The summed E-state index contributed by atoms with van der Waals surface area (Å²) in [6.45, 7) is 2.15. The van der Waals surface area contributed by atoms with Crippen LogP contribution in [-0.2, 0) is 0 Å². The highest BCUT2D eigenvalue weighted by atomic mass is 16.5. The summed E-state index contributed by atoms with van der Waals surface area (Å²) >= 11 is 0. The smallest absolute Gasteiger partial charge is 0.254 e. The first-order chi connectivity index (χ1) is 15.1. The number of aromatic amines is 1. The number of carbonyl (C=O) groups excluding carboxylic acids is 1. The number of fused-ring (bicyclic) bond motifs is 1. The summed E-state index contributed by atoms with van der Waals surface area (Å²) in [4.78, 5) is 19.1. The standard InChI is InChI=1S/C24H24N4O3/c1-3-31-22-11-17(9-10-19(22)16-7-5-4-6-8-16)24(30)28(2)21(15-29)20-14-25-12-18-13-26-27-23(18)20/h4-14,21,29H,3,15H2,1-2H3,(H,26,27)/t21-/m1/s1. The molecule has 0 unspecified atom stereocenters. The molecule has 4 aromatic rings. The molecule has 0 bridgehead atoms. The fourth-order valence-corrected chi connectivity index (χ4v) is 3.70. The molecule has 0 aliphatic carbocycles. The molecule has 2 heterocycles. The zero-order valence-corrected chi connectivity index (χ0v) is 17.4. The molecule has 7 heteroatoms. The van der Waals surface area contributed by atoms with Crippen LogP contribution in [0, 0.1) is 0 Å². The van der Waals surface area contributed by atoms with Crippen LogP contribution in [0.25, 0.3) is 22.0 Å². The number of rotatable bonds is 7. The Morgan fingerprint density at radius 1 is 1.16 bits per heavy atom. The van der Waals surface area contributed by atoms with E-state index in [1.807, 2.05) is 43.3 Å². The van der Waals surface area contributed by atoms with E-state index in [0.717, 1.165) is 22.0 Å². The van der Waals surface area contributed by atoms with Crippen molar-refractivity contribution in [3.05, 3.63) is 78.2 Å². The minimum Gasteiger partial charge on any atom is -0.493 e. The molecule has 2 aromatic heterocycles. The highest BCUT2D eigenvalue weighted by molar-refractivity contribution is 5.96. The van der Waals surface area contributed by atoms with Crippen LogP contribution in [0.1, 0.15) is 28.9 Å². The van der Waals surface area contributed by atoms with Crippen LogP contribution in [0.4, 0.5) is 0 Å². The van der Waals surface area contributed by atoms with Crippen molar-refractivity contribution in [3.63, 3.8) is 0 Å². The average Bonchev–Trinajstić information content (AvgIpc) is 3.29. The molecular weight excluding hydrogens is 392 g/mol. The van der Waals surface area contributed by atoms with Crippen LogP contribution in [0.5, 0.6) is 5.75 Å². The monoisotopic (exact) mass is 416 g/mol. The number of carbonyl (C=O) groups is 1. The number of hydrogen-bond donors (Lipinski definition) is 2. The molecule has 0 saturated heterocycles. The normalized spacial score (nSPS) is 12.0. The molecule has 0 aliphatic rings.